The van der Waals surface area contributed by atoms with Crippen molar-refractivity contribution in [2.24, 2.45) is 0 Å². The lowest BCUT2D eigenvalue weighted by molar-refractivity contribution is 0.939. The Balaban J connectivity index is 2.79. The standard InChI is InChI=1S/C10H9BrClN/c11-5-1-2-8-3-4-9(7-13)10(12)6-8/h3-4,6H,1-2,5H2. The Labute approximate surface area is 91.5 Å². The molecule has 0 aliphatic carbocycles. The molecule has 0 aliphatic heterocycles. The summed E-state index contributed by atoms with van der Waals surface area (Å²) in [6.45, 7) is 0. The molecule has 3 heteroatoms. The molecule has 0 saturated heterocycles. The van der Waals surface area contributed by atoms with Crippen LogP contribution in [-0.2, 0) is 6.42 Å². The van der Waals surface area contributed by atoms with Crippen LogP contribution >= 0.6 is 27.5 Å². The van der Waals surface area contributed by atoms with Crippen LogP contribution in [0.15, 0.2) is 18.2 Å². The second kappa shape index (κ2) is 5.26. The van der Waals surface area contributed by atoms with Gasteiger partial charge in [-0.2, -0.15) is 5.26 Å². The minimum atomic E-state index is 0.546. The normalized spacial score (nSPS) is 9.62. The Kier molecular flexibility index (Phi) is 4.27. The van der Waals surface area contributed by atoms with Gasteiger partial charge in [0.05, 0.1) is 10.6 Å². The summed E-state index contributed by atoms with van der Waals surface area (Å²) in [4.78, 5) is 0. The number of hydrogen-bond acceptors (Lipinski definition) is 1. The van der Waals surface area contributed by atoms with E-state index < -0.39 is 0 Å². The number of nitriles is 1. The van der Waals surface area contributed by atoms with E-state index in [2.05, 4.69) is 15.9 Å². The minimum Gasteiger partial charge on any atom is -0.192 e. The first-order chi connectivity index (χ1) is 6.27. The molecule has 68 valence electrons. The molecule has 0 saturated carbocycles. The van der Waals surface area contributed by atoms with Gasteiger partial charge in [-0.3, -0.25) is 0 Å². The van der Waals surface area contributed by atoms with Crippen molar-refractivity contribution in [1.29, 1.82) is 5.26 Å². The molecular formula is C10H9BrClN. The Bertz CT molecular complexity index is 330. The second-order valence-corrected chi connectivity index (χ2v) is 3.92. The fraction of sp³-hybridized carbons (Fsp3) is 0.300. The van der Waals surface area contributed by atoms with Crippen LogP contribution in [0.25, 0.3) is 0 Å². The summed E-state index contributed by atoms with van der Waals surface area (Å²) in [5, 5.41) is 10.2. The molecule has 0 bridgehead atoms. The van der Waals surface area contributed by atoms with Crippen molar-refractivity contribution in [3.05, 3.63) is 34.3 Å². The smallest absolute Gasteiger partial charge is 0.101 e. The van der Waals surface area contributed by atoms with E-state index in [1.165, 1.54) is 5.56 Å². The fourth-order valence-electron chi connectivity index (χ4n) is 1.08. The molecule has 0 radical (unpaired) electrons. The van der Waals surface area contributed by atoms with Crippen LogP contribution < -0.4 is 0 Å². The summed E-state index contributed by atoms with van der Waals surface area (Å²) in [6.07, 6.45) is 2.08. The van der Waals surface area contributed by atoms with Crippen molar-refractivity contribution in [3.63, 3.8) is 0 Å². The van der Waals surface area contributed by atoms with Gasteiger partial charge in [0.2, 0.25) is 0 Å². The molecule has 1 rings (SSSR count). The van der Waals surface area contributed by atoms with E-state index in [1.807, 2.05) is 18.2 Å². The molecule has 0 heterocycles. The maximum Gasteiger partial charge on any atom is 0.101 e. The van der Waals surface area contributed by atoms with Crippen LogP contribution in [0.2, 0.25) is 5.02 Å². The molecule has 1 aromatic carbocycles. The predicted octanol–water partition coefficient (Wildman–Crippen LogP) is 3.54. The van der Waals surface area contributed by atoms with Crippen LogP contribution in [0.3, 0.4) is 0 Å². The van der Waals surface area contributed by atoms with Crippen LogP contribution in [0.5, 0.6) is 0 Å². The predicted molar refractivity (Wildman–Crippen MR) is 58.3 cm³/mol. The van der Waals surface area contributed by atoms with Gasteiger partial charge in [-0.25, -0.2) is 0 Å². The van der Waals surface area contributed by atoms with Gasteiger partial charge in [-0.05, 0) is 30.5 Å². The van der Waals surface area contributed by atoms with Gasteiger partial charge in [0, 0.05) is 5.33 Å². The number of alkyl halides is 1. The Morgan fingerprint density at radius 1 is 1.46 bits per heavy atom. The van der Waals surface area contributed by atoms with Gasteiger partial charge in [-0.15, -0.1) is 0 Å². The zero-order chi connectivity index (χ0) is 9.68. The summed E-state index contributed by atoms with van der Waals surface area (Å²) >= 11 is 9.24. The van der Waals surface area contributed by atoms with Crippen LogP contribution in [0.4, 0.5) is 0 Å². The number of hydrogen-bond donors (Lipinski definition) is 0. The van der Waals surface area contributed by atoms with Gasteiger partial charge < -0.3 is 0 Å². The maximum absolute atomic E-state index is 8.64. The topological polar surface area (TPSA) is 23.8 Å². The highest BCUT2D eigenvalue weighted by atomic mass is 79.9. The van der Waals surface area contributed by atoms with Crippen molar-refractivity contribution in [2.45, 2.75) is 12.8 Å². The first-order valence-electron chi connectivity index (χ1n) is 4.02. The molecule has 0 aliphatic rings. The van der Waals surface area contributed by atoms with E-state index in [1.54, 1.807) is 6.07 Å². The summed E-state index contributed by atoms with van der Waals surface area (Å²) in [5.41, 5.74) is 1.73. The molecule has 1 aromatic rings. The van der Waals surface area contributed by atoms with E-state index in [-0.39, 0.29) is 0 Å². The molecule has 13 heavy (non-hydrogen) atoms. The number of benzene rings is 1. The third-order valence-electron chi connectivity index (χ3n) is 1.75. The fourth-order valence-corrected chi connectivity index (χ4v) is 1.60. The second-order valence-electron chi connectivity index (χ2n) is 2.72. The van der Waals surface area contributed by atoms with E-state index >= 15 is 0 Å². The van der Waals surface area contributed by atoms with Crippen molar-refractivity contribution in [3.8, 4) is 6.07 Å². The van der Waals surface area contributed by atoms with Gasteiger partial charge in [0.15, 0.2) is 0 Å². The highest BCUT2D eigenvalue weighted by molar-refractivity contribution is 9.09. The molecule has 0 aromatic heterocycles. The minimum absolute atomic E-state index is 0.546. The average Bonchev–Trinajstić information content (AvgIpc) is 2.15. The van der Waals surface area contributed by atoms with Crippen molar-refractivity contribution in [2.75, 3.05) is 5.33 Å². The zero-order valence-electron chi connectivity index (χ0n) is 7.06. The molecule has 0 unspecified atom stereocenters. The highest BCUT2D eigenvalue weighted by Crippen LogP contribution is 2.17. The van der Waals surface area contributed by atoms with E-state index in [4.69, 9.17) is 16.9 Å². The highest BCUT2D eigenvalue weighted by Gasteiger charge is 2.00. The van der Waals surface area contributed by atoms with E-state index in [9.17, 15) is 0 Å². The van der Waals surface area contributed by atoms with Gasteiger partial charge in [-0.1, -0.05) is 33.6 Å². The summed E-state index contributed by atoms with van der Waals surface area (Å²) in [5.74, 6) is 0. The molecule has 0 spiro atoms. The number of nitrogens with zero attached hydrogens (tertiary/aromatic N) is 1. The van der Waals surface area contributed by atoms with Gasteiger partial charge in [0.1, 0.15) is 6.07 Å². The molecular weight excluding hydrogens is 249 g/mol. The van der Waals surface area contributed by atoms with Gasteiger partial charge in [0.25, 0.3) is 0 Å². The lowest BCUT2D eigenvalue weighted by atomic mass is 10.1. The third-order valence-corrected chi connectivity index (χ3v) is 2.63. The summed E-state index contributed by atoms with van der Waals surface area (Å²) < 4.78 is 0. The Hall–Kier alpha value is -0.520. The van der Waals surface area contributed by atoms with Gasteiger partial charge >= 0.3 is 0 Å². The van der Waals surface area contributed by atoms with Crippen LogP contribution in [-0.4, -0.2) is 5.33 Å². The summed E-state index contributed by atoms with van der Waals surface area (Å²) in [7, 11) is 0. The molecule has 0 fully saturated rings. The van der Waals surface area contributed by atoms with Crippen molar-refractivity contribution in [1.82, 2.24) is 0 Å². The van der Waals surface area contributed by atoms with Crippen molar-refractivity contribution >= 4 is 27.5 Å². The van der Waals surface area contributed by atoms with Crippen LogP contribution in [0, 0.1) is 11.3 Å². The molecule has 0 amide bonds. The lowest BCUT2D eigenvalue weighted by Gasteiger charge is -2.00. The largest absolute Gasteiger partial charge is 0.192 e. The van der Waals surface area contributed by atoms with Crippen LogP contribution in [0.1, 0.15) is 17.5 Å². The van der Waals surface area contributed by atoms with Crippen molar-refractivity contribution < 1.29 is 0 Å². The molecule has 0 N–H and O–H groups in total. The number of halogens is 2. The third kappa shape index (κ3) is 3.02. The molecule has 1 nitrogen and oxygen atoms in total. The Morgan fingerprint density at radius 3 is 2.77 bits per heavy atom. The quantitative estimate of drug-likeness (QED) is 0.761. The average molecular weight is 259 g/mol. The monoisotopic (exact) mass is 257 g/mol. The molecule has 0 atom stereocenters. The maximum atomic E-state index is 8.64. The first kappa shape index (κ1) is 10.6. The Morgan fingerprint density at radius 2 is 2.23 bits per heavy atom. The van der Waals surface area contributed by atoms with E-state index in [0.717, 1.165) is 18.2 Å². The summed E-state index contributed by atoms with van der Waals surface area (Å²) in [6, 6.07) is 7.62. The zero-order valence-corrected chi connectivity index (χ0v) is 9.40. The SMILES string of the molecule is N#Cc1ccc(CCCBr)cc1Cl. The lowest BCUT2D eigenvalue weighted by Crippen LogP contribution is -1.87. The van der Waals surface area contributed by atoms with E-state index in [0.29, 0.717) is 10.6 Å². The number of rotatable bonds is 3. The number of aryl methyl sites for hydroxylation is 1. The first-order valence-corrected chi connectivity index (χ1v) is 5.52.